The van der Waals surface area contributed by atoms with Gasteiger partial charge < -0.3 is 15.2 Å². The van der Waals surface area contributed by atoms with Crippen molar-refractivity contribution in [3.05, 3.63) is 58.6 Å². The number of aromatic hydroxyl groups is 1. The first kappa shape index (κ1) is 15.9. The number of nitrogens with one attached hydrogen (secondary N) is 1. The quantitative estimate of drug-likeness (QED) is 0.849. The maximum Gasteiger partial charge on any atom is 0.338 e. The SMILES string of the molecule is Cc1ccc(NC(=O)COC(=O)c2cccc(O)c2)c(Cl)c1. The number of ether oxygens (including phenoxy) is 1. The van der Waals surface area contributed by atoms with E-state index >= 15 is 0 Å². The van der Waals surface area contributed by atoms with E-state index in [-0.39, 0.29) is 11.3 Å². The van der Waals surface area contributed by atoms with Gasteiger partial charge in [0.15, 0.2) is 6.61 Å². The van der Waals surface area contributed by atoms with Crippen LogP contribution in [0.3, 0.4) is 0 Å². The van der Waals surface area contributed by atoms with Crippen molar-refractivity contribution in [2.75, 3.05) is 11.9 Å². The first-order valence-corrected chi connectivity index (χ1v) is 6.85. The fraction of sp³-hybridized carbons (Fsp3) is 0.125. The highest BCUT2D eigenvalue weighted by molar-refractivity contribution is 6.33. The van der Waals surface area contributed by atoms with Crippen LogP contribution in [0.5, 0.6) is 5.75 Å². The maximum atomic E-state index is 11.8. The van der Waals surface area contributed by atoms with Crippen LogP contribution in [0.25, 0.3) is 0 Å². The first-order chi connectivity index (χ1) is 10.5. The average Bonchev–Trinajstić information content (AvgIpc) is 2.47. The zero-order chi connectivity index (χ0) is 16.1. The number of phenolic OH excluding ortho intramolecular Hbond substituents is 1. The Kier molecular flexibility index (Phi) is 5.01. The highest BCUT2D eigenvalue weighted by Crippen LogP contribution is 2.22. The van der Waals surface area contributed by atoms with Gasteiger partial charge in [0, 0.05) is 0 Å². The predicted octanol–water partition coefficient (Wildman–Crippen LogP) is 3.15. The van der Waals surface area contributed by atoms with Crippen molar-refractivity contribution < 1.29 is 19.4 Å². The molecule has 0 aromatic heterocycles. The molecule has 0 aliphatic heterocycles. The van der Waals surface area contributed by atoms with Crippen LogP contribution in [-0.2, 0) is 9.53 Å². The van der Waals surface area contributed by atoms with E-state index in [1.54, 1.807) is 18.2 Å². The molecule has 0 spiro atoms. The van der Waals surface area contributed by atoms with Crippen molar-refractivity contribution in [2.45, 2.75) is 6.92 Å². The Labute approximate surface area is 132 Å². The van der Waals surface area contributed by atoms with Crippen LogP contribution >= 0.6 is 11.6 Å². The molecule has 2 aromatic rings. The summed E-state index contributed by atoms with van der Waals surface area (Å²) in [6.45, 7) is 1.44. The van der Waals surface area contributed by atoms with Gasteiger partial charge in [0.25, 0.3) is 5.91 Å². The number of halogens is 1. The molecule has 0 saturated heterocycles. The fourth-order valence-electron chi connectivity index (χ4n) is 1.76. The van der Waals surface area contributed by atoms with E-state index in [2.05, 4.69) is 5.32 Å². The van der Waals surface area contributed by atoms with Gasteiger partial charge in [0.2, 0.25) is 0 Å². The van der Waals surface area contributed by atoms with E-state index in [4.69, 9.17) is 16.3 Å². The summed E-state index contributed by atoms with van der Waals surface area (Å²) in [6.07, 6.45) is 0. The van der Waals surface area contributed by atoms with Crippen LogP contribution in [0.2, 0.25) is 5.02 Å². The molecule has 0 aliphatic carbocycles. The van der Waals surface area contributed by atoms with Gasteiger partial charge in [0.05, 0.1) is 16.3 Å². The summed E-state index contributed by atoms with van der Waals surface area (Å²) >= 11 is 6.00. The molecular weight excluding hydrogens is 306 g/mol. The summed E-state index contributed by atoms with van der Waals surface area (Å²) in [6, 6.07) is 10.9. The van der Waals surface area contributed by atoms with Gasteiger partial charge in [-0.15, -0.1) is 0 Å². The zero-order valence-electron chi connectivity index (χ0n) is 11.8. The zero-order valence-corrected chi connectivity index (χ0v) is 12.6. The van der Waals surface area contributed by atoms with E-state index in [0.717, 1.165) is 5.56 Å². The molecule has 0 heterocycles. The Hall–Kier alpha value is -2.53. The summed E-state index contributed by atoms with van der Waals surface area (Å²) in [7, 11) is 0. The number of rotatable bonds is 4. The van der Waals surface area contributed by atoms with Crippen LogP contribution in [0.1, 0.15) is 15.9 Å². The lowest BCUT2D eigenvalue weighted by molar-refractivity contribution is -0.119. The third-order valence-corrected chi connectivity index (χ3v) is 3.13. The first-order valence-electron chi connectivity index (χ1n) is 6.48. The summed E-state index contributed by atoms with van der Waals surface area (Å²) in [5.74, 6) is -1.24. The molecule has 0 radical (unpaired) electrons. The third-order valence-electron chi connectivity index (χ3n) is 2.81. The van der Waals surface area contributed by atoms with E-state index in [1.807, 2.05) is 6.92 Å². The van der Waals surface area contributed by atoms with Gasteiger partial charge in [-0.1, -0.05) is 23.7 Å². The number of carbonyl (C=O) groups is 2. The molecule has 2 rings (SSSR count). The van der Waals surface area contributed by atoms with Crippen molar-refractivity contribution >= 4 is 29.2 Å². The second-order valence-corrected chi connectivity index (χ2v) is 5.07. The van der Waals surface area contributed by atoms with Crippen LogP contribution < -0.4 is 5.32 Å². The van der Waals surface area contributed by atoms with Crippen LogP contribution in [0, 0.1) is 6.92 Å². The Balaban J connectivity index is 1.91. The minimum absolute atomic E-state index is 0.0506. The number of amides is 1. The van der Waals surface area contributed by atoms with Gasteiger partial charge in [-0.3, -0.25) is 4.79 Å². The molecule has 0 bridgehead atoms. The summed E-state index contributed by atoms with van der Waals surface area (Å²) < 4.78 is 4.88. The Bertz CT molecular complexity index is 715. The van der Waals surface area contributed by atoms with Gasteiger partial charge in [0.1, 0.15) is 5.75 Å². The highest BCUT2D eigenvalue weighted by atomic mass is 35.5. The number of hydrogen-bond acceptors (Lipinski definition) is 4. The topological polar surface area (TPSA) is 75.6 Å². The molecular formula is C16H14ClNO4. The molecule has 0 saturated carbocycles. The normalized spacial score (nSPS) is 10.1. The molecule has 2 aromatic carbocycles. The number of anilines is 1. The van der Waals surface area contributed by atoms with E-state index < -0.39 is 18.5 Å². The van der Waals surface area contributed by atoms with E-state index in [1.165, 1.54) is 24.3 Å². The molecule has 5 nitrogen and oxygen atoms in total. The number of phenols is 1. The maximum absolute atomic E-state index is 11.8. The van der Waals surface area contributed by atoms with Crippen LogP contribution in [-0.4, -0.2) is 23.6 Å². The second kappa shape index (κ2) is 6.95. The van der Waals surface area contributed by atoms with Gasteiger partial charge in [-0.25, -0.2) is 4.79 Å². The lowest BCUT2D eigenvalue weighted by Crippen LogP contribution is -2.21. The minimum Gasteiger partial charge on any atom is -0.508 e. The lowest BCUT2D eigenvalue weighted by atomic mass is 10.2. The fourth-order valence-corrected chi connectivity index (χ4v) is 2.04. The molecule has 0 unspecified atom stereocenters. The molecule has 114 valence electrons. The summed E-state index contributed by atoms with van der Waals surface area (Å²) in [5.41, 5.74) is 1.59. The standard InChI is InChI=1S/C16H14ClNO4/c1-10-5-6-14(13(17)7-10)18-15(20)9-22-16(21)11-3-2-4-12(19)8-11/h2-8,19H,9H2,1H3,(H,18,20). The van der Waals surface area contributed by atoms with Crippen LogP contribution in [0.15, 0.2) is 42.5 Å². The van der Waals surface area contributed by atoms with Gasteiger partial charge in [-0.2, -0.15) is 0 Å². The lowest BCUT2D eigenvalue weighted by Gasteiger charge is -2.08. The number of hydrogen-bond donors (Lipinski definition) is 2. The number of carbonyl (C=O) groups excluding carboxylic acids is 2. The van der Waals surface area contributed by atoms with Crippen molar-refractivity contribution in [2.24, 2.45) is 0 Å². The molecule has 22 heavy (non-hydrogen) atoms. The number of benzene rings is 2. The van der Waals surface area contributed by atoms with Gasteiger partial charge in [-0.05, 0) is 42.8 Å². The molecule has 0 fully saturated rings. The summed E-state index contributed by atoms with van der Waals surface area (Å²) in [4.78, 5) is 23.5. The minimum atomic E-state index is -0.693. The second-order valence-electron chi connectivity index (χ2n) is 4.66. The molecule has 0 aliphatic rings. The highest BCUT2D eigenvalue weighted by Gasteiger charge is 2.12. The predicted molar refractivity (Wildman–Crippen MR) is 83.2 cm³/mol. The molecule has 0 atom stereocenters. The Morgan fingerprint density at radius 1 is 1.23 bits per heavy atom. The van der Waals surface area contributed by atoms with Gasteiger partial charge >= 0.3 is 5.97 Å². The van der Waals surface area contributed by atoms with Crippen molar-refractivity contribution in [3.63, 3.8) is 0 Å². The molecule has 2 N–H and O–H groups in total. The molecule has 6 heteroatoms. The van der Waals surface area contributed by atoms with Crippen molar-refractivity contribution in [1.29, 1.82) is 0 Å². The Morgan fingerprint density at radius 2 is 2.00 bits per heavy atom. The van der Waals surface area contributed by atoms with Crippen LogP contribution in [0.4, 0.5) is 5.69 Å². The third kappa shape index (κ3) is 4.23. The van der Waals surface area contributed by atoms with Crippen molar-refractivity contribution in [1.82, 2.24) is 0 Å². The smallest absolute Gasteiger partial charge is 0.338 e. The monoisotopic (exact) mass is 319 g/mol. The van der Waals surface area contributed by atoms with E-state index in [9.17, 15) is 14.7 Å². The van der Waals surface area contributed by atoms with Crippen molar-refractivity contribution in [3.8, 4) is 5.75 Å². The average molecular weight is 320 g/mol. The molecule has 1 amide bonds. The number of aryl methyl sites for hydroxylation is 1. The Morgan fingerprint density at radius 3 is 2.68 bits per heavy atom. The summed E-state index contributed by atoms with van der Waals surface area (Å²) in [5, 5.41) is 12.3. The van der Waals surface area contributed by atoms with E-state index in [0.29, 0.717) is 10.7 Å². The number of esters is 1. The largest absolute Gasteiger partial charge is 0.508 e.